The Balaban J connectivity index is 2.02. The lowest BCUT2D eigenvalue weighted by Crippen LogP contribution is -2.30. The van der Waals surface area contributed by atoms with E-state index in [-0.39, 0.29) is 12.5 Å². The third kappa shape index (κ3) is 4.08. The van der Waals surface area contributed by atoms with Crippen LogP contribution in [0.25, 0.3) is 5.69 Å². The maximum atomic E-state index is 11.6. The summed E-state index contributed by atoms with van der Waals surface area (Å²) in [6.45, 7) is 7.03. The molecule has 0 radical (unpaired) electrons. The minimum absolute atomic E-state index is 0.0145. The van der Waals surface area contributed by atoms with E-state index in [4.69, 9.17) is 0 Å². The molecule has 5 nitrogen and oxygen atoms in total. The SMILES string of the molecule is CCCNC(=O)CNc1cc(C)n(-c2ccc(C)cc2)n1. The summed E-state index contributed by atoms with van der Waals surface area (Å²) in [5.41, 5.74) is 3.26. The first-order valence-corrected chi connectivity index (χ1v) is 7.24. The lowest BCUT2D eigenvalue weighted by Gasteiger charge is -2.05. The second-order valence-corrected chi connectivity index (χ2v) is 5.12. The third-order valence-electron chi connectivity index (χ3n) is 3.17. The molecule has 2 N–H and O–H groups in total. The van der Waals surface area contributed by atoms with Crippen LogP contribution >= 0.6 is 0 Å². The average Bonchev–Trinajstić information content (AvgIpc) is 2.85. The monoisotopic (exact) mass is 286 g/mol. The Morgan fingerprint density at radius 1 is 1.24 bits per heavy atom. The normalized spacial score (nSPS) is 10.4. The van der Waals surface area contributed by atoms with Crippen molar-refractivity contribution >= 4 is 11.7 Å². The zero-order valence-electron chi connectivity index (χ0n) is 12.8. The van der Waals surface area contributed by atoms with Gasteiger partial charge in [-0.15, -0.1) is 0 Å². The highest BCUT2D eigenvalue weighted by Gasteiger charge is 2.07. The van der Waals surface area contributed by atoms with E-state index in [1.165, 1.54) is 5.56 Å². The highest BCUT2D eigenvalue weighted by molar-refractivity contribution is 5.80. The summed E-state index contributed by atoms with van der Waals surface area (Å²) < 4.78 is 1.87. The molecule has 1 aromatic heterocycles. The highest BCUT2D eigenvalue weighted by Crippen LogP contribution is 2.15. The second-order valence-electron chi connectivity index (χ2n) is 5.12. The molecule has 0 aliphatic heterocycles. The van der Waals surface area contributed by atoms with Crippen LogP contribution in [-0.2, 0) is 4.79 Å². The smallest absolute Gasteiger partial charge is 0.239 e. The van der Waals surface area contributed by atoms with E-state index in [1.54, 1.807) is 0 Å². The number of benzene rings is 1. The first-order chi connectivity index (χ1) is 10.1. The number of anilines is 1. The molecule has 21 heavy (non-hydrogen) atoms. The van der Waals surface area contributed by atoms with Crippen LogP contribution in [-0.4, -0.2) is 28.8 Å². The topological polar surface area (TPSA) is 59.0 Å². The van der Waals surface area contributed by atoms with Crippen molar-refractivity contribution < 1.29 is 4.79 Å². The van der Waals surface area contributed by atoms with E-state index in [2.05, 4.69) is 34.8 Å². The van der Waals surface area contributed by atoms with E-state index in [0.717, 1.165) is 17.8 Å². The predicted molar refractivity (Wildman–Crippen MR) is 84.8 cm³/mol. The van der Waals surface area contributed by atoms with Gasteiger partial charge in [0, 0.05) is 18.3 Å². The van der Waals surface area contributed by atoms with Gasteiger partial charge in [0.1, 0.15) is 5.82 Å². The van der Waals surface area contributed by atoms with E-state index in [1.807, 2.05) is 36.7 Å². The molecule has 0 atom stereocenters. The standard InChI is InChI=1S/C16H22N4O/c1-4-9-17-16(21)11-18-15-10-13(3)20(19-15)14-7-5-12(2)6-8-14/h5-8,10H,4,9,11H2,1-3H3,(H,17,21)(H,18,19). The molecule has 5 heteroatoms. The first-order valence-electron chi connectivity index (χ1n) is 7.24. The van der Waals surface area contributed by atoms with E-state index < -0.39 is 0 Å². The van der Waals surface area contributed by atoms with Crippen LogP contribution in [0.15, 0.2) is 30.3 Å². The van der Waals surface area contributed by atoms with Gasteiger partial charge in [-0.25, -0.2) is 4.68 Å². The summed E-state index contributed by atoms with van der Waals surface area (Å²) in [5, 5.41) is 10.4. The maximum absolute atomic E-state index is 11.6. The van der Waals surface area contributed by atoms with Crippen molar-refractivity contribution in [2.75, 3.05) is 18.4 Å². The number of nitrogens with one attached hydrogen (secondary N) is 2. The summed E-state index contributed by atoms with van der Waals surface area (Å²) in [5.74, 6) is 0.694. The van der Waals surface area contributed by atoms with Crippen LogP contribution in [0.4, 0.5) is 5.82 Å². The van der Waals surface area contributed by atoms with Crippen LogP contribution in [0, 0.1) is 13.8 Å². The predicted octanol–water partition coefficient (Wildman–Crippen LogP) is 2.43. The largest absolute Gasteiger partial charge is 0.360 e. The lowest BCUT2D eigenvalue weighted by atomic mass is 10.2. The van der Waals surface area contributed by atoms with Crippen LogP contribution in [0.2, 0.25) is 0 Å². The number of nitrogens with zero attached hydrogens (tertiary/aromatic N) is 2. The minimum Gasteiger partial charge on any atom is -0.360 e. The van der Waals surface area contributed by atoms with Crippen molar-refractivity contribution in [2.24, 2.45) is 0 Å². The summed E-state index contributed by atoms with van der Waals surface area (Å²) in [4.78, 5) is 11.6. The van der Waals surface area contributed by atoms with Crippen LogP contribution < -0.4 is 10.6 Å². The molecule has 0 aliphatic carbocycles. The molecule has 0 unspecified atom stereocenters. The van der Waals surface area contributed by atoms with Gasteiger partial charge in [-0.2, -0.15) is 5.10 Å². The molecule has 2 aromatic rings. The van der Waals surface area contributed by atoms with E-state index >= 15 is 0 Å². The Morgan fingerprint density at radius 3 is 2.62 bits per heavy atom. The Kier molecular flexibility index (Phi) is 4.98. The van der Waals surface area contributed by atoms with Gasteiger partial charge >= 0.3 is 0 Å². The molecule has 0 bridgehead atoms. The van der Waals surface area contributed by atoms with Gasteiger partial charge in [0.05, 0.1) is 12.2 Å². The molecule has 0 saturated carbocycles. The second kappa shape index (κ2) is 6.92. The van der Waals surface area contributed by atoms with Gasteiger partial charge in [0.25, 0.3) is 0 Å². The maximum Gasteiger partial charge on any atom is 0.239 e. The Hall–Kier alpha value is -2.30. The molecule has 2 rings (SSSR count). The Labute approximate surface area is 125 Å². The molecule has 0 fully saturated rings. The van der Waals surface area contributed by atoms with Crippen molar-refractivity contribution in [3.05, 3.63) is 41.6 Å². The zero-order valence-corrected chi connectivity index (χ0v) is 12.8. The van der Waals surface area contributed by atoms with Gasteiger partial charge < -0.3 is 10.6 Å². The van der Waals surface area contributed by atoms with Crippen LogP contribution in [0.3, 0.4) is 0 Å². The quantitative estimate of drug-likeness (QED) is 0.857. The molecular formula is C16H22N4O. The fourth-order valence-corrected chi connectivity index (χ4v) is 2.01. The van der Waals surface area contributed by atoms with E-state index in [9.17, 15) is 4.79 Å². The van der Waals surface area contributed by atoms with Gasteiger partial charge in [0.2, 0.25) is 5.91 Å². The lowest BCUT2D eigenvalue weighted by molar-refractivity contribution is -0.119. The molecule has 0 aliphatic rings. The number of hydrogen-bond donors (Lipinski definition) is 2. The number of aromatic nitrogens is 2. The fourth-order valence-electron chi connectivity index (χ4n) is 2.01. The molecule has 1 amide bonds. The number of amides is 1. The van der Waals surface area contributed by atoms with Crippen molar-refractivity contribution in [2.45, 2.75) is 27.2 Å². The molecule has 0 saturated heterocycles. The summed E-state index contributed by atoms with van der Waals surface area (Å²) in [6, 6.07) is 10.1. The van der Waals surface area contributed by atoms with Gasteiger partial charge in [-0.3, -0.25) is 4.79 Å². The van der Waals surface area contributed by atoms with Gasteiger partial charge in [-0.05, 0) is 32.4 Å². The van der Waals surface area contributed by atoms with Crippen molar-refractivity contribution in [1.82, 2.24) is 15.1 Å². The zero-order chi connectivity index (χ0) is 15.2. The molecular weight excluding hydrogens is 264 g/mol. The van der Waals surface area contributed by atoms with Crippen molar-refractivity contribution in [3.8, 4) is 5.69 Å². The third-order valence-corrected chi connectivity index (χ3v) is 3.17. The minimum atomic E-state index is -0.0145. The fraction of sp³-hybridized carbons (Fsp3) is 0.375. The number of rotatable bonds is 6. The average molecular weight is 286 g/mol. The number of carbonyl (C=O) groups is 1. The number of aryl methyl sites for hydroxylation is 2. The van der Waals surface area contributed by atoms with Crippen molar-refractivity contribution in [1.29, 1.82) is 0 Å². The number of hydrogen-bond acceptors (Lipinski definition) is 3. The van der Waals surface area contributed by atoms with Gasteiger partial charge in [-0.1, -0.05) is 24.6 Å². The Bertz CT molecular complexity index is 601. The summed E-state index contributed by atoms with van der Waals surface area (Å²) in [7, 11) is 0. The van der Waals surface area contributed by atoms with Crippen LogP contribution in [0.1, 0.15) is 24.6 Å². The van der Waals surface area contributed by atoms with Gasteiger partial charge in [0.15, 0.2) is 0 Å². The molecule has 112 valence electrons. The highest BCUT2D eigenvalue weighted by atomic mass is 16.1. The summed E-state index contributed by atoms with van der Waals surface area (Å²) in [6.07, 6.45) is 0.937. The molecule has 1 heterocycles. The van der Waals surface area contributed by atoms with Crippen molar-refractivity contribution in [3.63, 3.8) is 0 Å². The Morgan fingerprint density at radius 2 is 1.95 bits per heavy atom. The summed E-state index contributed by atoms with van der Waals surface area (Å²) >= 11 is 0. The van der Waals surface area contributed by atoms with Crippen LogP contribution in [0.5, 0.6) is 0 Å². The molecule has 0 spiro atoms. The first kappa shape index (κ1) is 15.1. The van der Waals surface area contributed by atoms with E-state index in [0.29, 0.717) is 12.4 Å². The number of carbonyl (C=O) groups excluding carboxylic acids is 1. The molecule has 1 aromatic carbocycles.